The van der Waals surface area contributed by atoms with Crippen LogP contribution in [0.5, 0.6) is 5.75 Å². The molecular formula is C12H17N5O2. The van der Waals surface area contributed by atoms with Gasteiger partial charge < -0.3 is 15.4 Å². The number of anilines is 1. The normalized spacial score (nSPS) is 9.32. The summed E-state index contributed by atoms with van der Waals surface area (Å²) in [5.74, 6) is 0.612. The third-order valence-corrected chi connectivity index (χ3v) is 2.39. The van der Waals surface area contributed by atoms with Gasteiger partial charge in [0.25, 0.3) is 0 Å². The van der Waals surface area contributed by atoms with Gasteiger partial charge >= 0.3 is 6.03 Å². The van der Waals surface area contributed by atoms with Crippen molar-refractivity contribution in [1.82, 2.24) is 5.32 Å². The third kappa shape index (κ3) is 5.65. The van der Waals surface area contributed by atoms with Crippen LogP contribution in [0.1, 0.15) is 12.8 Å². The van der Waals surface area contributed by atoms with Crippen molar-refractivity contribution in [3.8, 4) is 5.75 Å². The Morgan fingerprint density at radius 3 is 2.95 bits per heavy atom. The SMILES string of the molecule is COc1ccccc1NC(=O)NCCCCN=[N+]=[N-]. The van der Waals surface area contributed by atoms with E-state index in [1.165, 1.54) is 0 Å². The highest BCUT2D eigenvalue weighted by Gasteiger charge is 2.05. The Morgan fingerprint density at radius 1 is 1.42 bits per heavy atom. The first kappa shape index (κ1) is 14.7. The maximum atomic E-state index is 11.6. The van der Waals surface area contributed by atoms with Crippen molar-refractivity contribution in [3.63, 3.8) is 0 Å². The summed E-state index contributed by atoms with van der Waals surface area (Å²) >= 11 is 0. The van der Waals surface area contributed by atoms with E-state index >= 15 is 0 Å². The lowest BCUT2D eigenvalue weighted by Crippen LogP contribution is -2.29. The van der Waals surface area contributed by atoms with Gasteiger partial charge in [-0.1, -0.05) is 17.2 Å². The molecule has 0 aromatic heterocycles. The molecule has 0 saturated heterocycles. The first-order valence-electron chi connectivity index (χ1n) is 5.96. The van der Waals surface area contributed by atoms with E-state index in [-0.39, 0.29) is 6.03 Å². The van der Waals surface area contributed by atoms with E-state index in [4.69, 9.17) is 10.3 Å². The first-order valence-corrected chi connectivity index (χ1v) is 5.96. The molecule has 0 radical (unpaired) electrons. The van der Waals surface area contributed by atoms with Crippen molar-refractivity contribution < 1.29 is 9.53 Å². The van der Waals surface area contributed by atoms with E-state index in [9.17, 15) is 4.79 Å². The van der Waals surface area contributed by atoms with E-state index < -0.39 is 0 Å². The average molecular weight is 263 g/mol. The van der Waals surface area contributed by atoms with Gasteiger partial charge in [0.2, 0.25) is 0 Å². The molecule has 1 aromatic rings. The molecule has 0 aliphatic carbocycles. The van der Waals surface area contributed by atoms with Crippen LogP contribution < -0.4 is 15.4 Å². The molecule has 0 unspecified atom stereocenters. The molecular weight excluding hydrogens is 246 g/mol. The number of para-hydroxylation sites is 2. The smallest absolute Gasteiger partial charge is 0.319 e. The molecule has 0 aliphatic rings. The Kier molecular flexibility index (Phi) is 6.68. The van der Waals surface area contributed by atoms with Crippen LogP contribution in [0.4, 0.5) is 10.5 Å². The van der Waals surface area contributed by atoms with E-state index in [2.05, 4.69) is 20.7 Å². The Labute approximate surface area is 111 Å². The second kappa shape index (κ2) is 8.66. The fourth-order valence-electron chi connectivity index (χ4n) is 1.47. The number of urea groups is 1. The number of hydrogen-bond donors (Lipinski definition) is 2. The number of amides is 2. The summed E-state index contributed by atoms with van der Waals surface area (Å²) in [6.07, 6.45) is 1.51. The van der Waals surface area contributed by atoms with E-state index in [1.54, 1.807) is 19.2 Å². The number of ether oxygens (including phenoxy) is 1. The minimum absolute atomic E-state index is 0.284. The van der Waals surface area contributed by atoms with Crippen LogP contribution in [0.3, 0.4) is 0 Å². The van der Waals surface area contributed by atoms with Crippen molar-refractivity contribution in [1.29, 1.82) is 0 Å². The largest absolute Gasteiger partial charge is 0.495 e. The molecule has 0 aliphatic heterocycles. The predicted octanol–water partition coefficient (Wildman–Crippen LogP) is 2.91. The molecule has 0 bridgehead atoms. The number of nitrogens with one attached hydrogen (secondary N) is 2. The van der Waals surface area contributed by atoms with Crippen LogP contribution in [0.15, 0.2) is 29.4 Å². The maximum absolute atomic E-state index is 11.6. The summed E-state index contributed by atoms with van der Waals surface area (Å²) in [6, 6.07) is 6.90. The van der Waals surface area contributed by atoms with Crippen molar-refractivity contribution in [2.45, 2.75) is 12.8 Å². The average Bonchev–Trinajstić information content (AvgIpc) is 2.43. The molecule has 102 valence electrons. The van der Waals surface area contributed by atoms with Gasteiger partial charge in [-0.3, -0.25) is 0 Å². The Balaban J connectivity index is 2.29. The standard InChI is InChI=1S/C12H17N5O2/c1-19-11-7-3-2-6-10(11)16-12(18)14-8-4-5-9-15-17-13/h2-3,6-7H,4-5,8-9H2,1H3,(H2,14,16,18). The molecule has 19 heavy (non-hydrogen) atoms. The molecule has 1 rings (SSSR count). The Morgan fingerprint density at radius 2 is 2.21 bits per heavy atom. The minimum atomic E-state index is -0.284. The molecule has 1 aromatic carbocycles. The van der Waals surface area contributed by atoms with Crippen LogP contribution in [0.2, 0.25) is 0 Å². The molecule has 7 nitrogen and oxygen atoms in total. The van der Waals surface area contributed by atoms with Gasteiger partial charge in [-0.15, -0.1) is 0 Å². The molecule has 0 atom stereocenters. The number of rotatable bonds is 7. The summed E-state index contributed by atoms with van der Waals surface area (Å²) < 4.78 is 5.13. The minimum Gasteiger partial charge on any atom is -0.495 e. The maximum Gasteiger partial charge on any atom is 0.319 e. The molecule has 0 spiro atoms. The molecule has 0 fully saturated rings. The second-order valence-corrected chi connectivity index (χ2v) is 3.74. The van der Waals surface area contributed by atoms with Gasteiger partial charge in [0.15, 0.2) is 0 Å². The quantitative estimate of drug-likeness (QED) is 0.342. The van der Waals surface area contributed by atoms with Crippen LogP contribution in [0.25, 0.3) is 10.4 Å². The summed E-state index contributed by atoms with van der Waals surface area (Å²) in [7, 11) is 1.55. The fourth-order valence-corrected chi connectivity index (χ4v) is 1.47. The lowest BCUT2D eigenvalue weighted by molar-refractivity contribution is 0.252. The second-order valence-electron chi connectivity index (χ2n) is 3.74. The summed E-state index contributed by atoms with van der Waals surface area (Å²) in [4.78, 5) is 14.3. The summed E-state index contributed by atoms with van der Waals surface area (Å²) in [5, 5.41) is 8.84. The van der Waals surface area contributed by atoms with Gasteiger partial charge in [0, 0.05) is 18.0 Å². The number of hydrogen-bond acceptors (Lipinski definition) is 3. The highest BCUT2D eigenvalue weighted by Crippen LogP contribution is 2.22. The number of carbonyl (C=O) groups excluding carboxylic acids is 1. The number of carbonyl (C=O) groups is 1. The van der Waals surface area contributed by atoms with Gasteiger partial charge in [-0.25, -0.2) is 4.79 Å². The van der Waals surface area contributed by atoms with Crippen LogP contribution in [0, 0.1) is 0 Å². The number of benzene rings is 1. The zero-order chi connectivity index (χ0) is 13.9. The molecule has 7 heteroatoms. The number of unbranched alkanes of at least 4 members (excludes halogenated alkanes) is 1. The van der Waals surface area contributed by atoms with Gasteiger partial charge in [0.05, 0.1) is 12.8 Å². The van der Waals surface area contributed by atoms with Gasteiger partial charge in [-0.2, -0.15) is 0 Å². The van der Waals surface area contributed by atoms with Gasteiger partial charge in [-0.05, 0) is 30.5 Å². The van der Waals surface area contributed by atoms with Crippen molar-refractivity contribution in [3.05, 3.63) is 34.7 Å². The zero-order valence-corrected chi connectivity index (χ0v) is 10.8. The predicted molar refractivity (Wildman–Crippen MR) is 73.3 cm³/mol. The molecule has 0 heterocycles. The van der Waals surface area contributed by atoms with Gasteiger partial charge in [0.1, 0.15) is 5.75 Å². The molecule has 2 N–H and O–H groups in total. The Hall–Kier alpha value is -2.40. The highest BCUT2D eigenvalue weighted by atomic mass is 16.5. The van der Waals surface area contributed by atoms with Crippen molar-refractivity contribution in [2.75, 3.05) is 25.5 Å². The van der Waals surface area contributed by atoms with E-state index in [1.807, 2.05) is 12.1 Å². The van der Waals surface area contributed by atoms with E-state index in [0.717, 1.165) is 12.8 Å². The van der Waals surface area contributed by atoms with Crippen LogP contribution in [-0.4, -0.2) is 26.2 Å². The number of azide groups is 1. The zero-order valence-electron chi connectivity index (χ0n) is 10.8. The summed E-state index contributed by atoms with van der Waals surface area (Å²) in [6.45, 7) is 0.980. The van der Waals surface area contributed by atoms with Crippen LogP contribution in [-0.2, 0) is 0 Å². The Bertz CT molecular complexity index is 457. The number of methoxy groups -OCH3 is 1. The topological polar surface area (TPSA) is 99.1 Å². The lowest BCUT2D eigenvalue weighted by atomic mass is 10.3. The lowest BCUT2D eigenvalue weighted by Gasteiger charge is -2.10. The third-order valence-electron chi connectivity index (χ3n) is 2.39. The van der Waals surface area contributed by atoms with Crippen LogP contribution >= 0.6 is 0 Å². The van der Waals surface area contributed by atoms with Crippen molar-refractivity contribution in [2.24, 2.45) is 5.11 Å². The summed E-state index contributed by atoms with van der Waals surface area (Å²) in [5.41, 5.74) is 8.71. The first-order chi connectivity index (χ1) is 9.27. The fraction of sp³-hybridized carbons (Fsp3) is 0.417. The highest BCUT2D eigenvalue weighted by molar-refractivity contribution is 5.90. The van der Waals surface area contributed by atoms with Crippen molar-refractivity contribution >= 4 is 11.7 Å². The molecule has 2 amide bonds. The monoisotopic (exact) mass is 263 g/mol. The molecule has 0 saturated carbocycles. The number of nitrogens with zero attached hydrogens (tertiary/aromatic N) is 3. The van der Waals surface area contributed by atoms with E-state index in [0.29, 0.717) is 24.5 Å².